The largest absolute Gasteiger partial charge is 0.325 e. The number of hydrogen-bond donors (Lipinski definition) is 2. The highest BCUT2D eigenvalue weighted by molar-refractivity contribution is 7.89. The molecule has 0 unspecified atom stereocenters. The van der Waals surface area contributed by atoms with Gasteiger partial charge in [-0.05, 0) is 31.2 Å². The van der Waals surface area contributed by atoms with Gasteiger partial charge in [0.1, 0.15) is 10.7 Å². The molecule has 1 amide bonds. The highest BCUT2D eigenvalue weighted by Gasteiger charge is 2.24. The van der Waals surface area contributed by atoms with Crippen molar-refractivity contribution in [2.24, 2.45) is 0 Å². The molecule has 154 valence electrons. The quantitative estimate of drug-likeness (QED) is 0.567. The van der Waals surface area contributed by atoms with Crippen LogP contribution in [0.15, 0.2) is 83.8 Å². The van der Waals surface area contributed by atoms with Gasteiger partial charge in [0.25, 0.3) is 0 Å². The number of rotatable bonds is 7. The van der Waals surface area contributed by atoms with E-state index in [2.05, 4.69) is 10.0 Å². The molecule has 0 heterocycles. The van der Waals surface area contributed by atoms with Crippen LogP contribution in [0.3, 0.4) is 0 Å². The Morgan fingerprint density at radius 3 is 2.20 bits per heavy atom. The molecule has 0 saturated heterocycles. The molecule has 1 atom stereocenters. The summed E-state index contributed by atoms with van der Waals surface area (Å²) < 4.78 is 40.6. The maximum Gasteiger partial charge on any atom is 0.244 e. The van der Waals surface area contributed by atoms with Crippen molar-refractivity contribution in [3.05, 3.63) is 95.8 Å². The lowest BCUT2D eigenvalue weighted by molar-refractivity contribution is -0.117. The van der Waals surface area contributed by atoms with Gasteiger partial charge in [0.2, 0.25) is 15.9 Å². The second-order valence-electron chi connectivity index (χ2n) is 6.54. The predicted octanol–water partition coefficient (Wildman–Crippen LogP) is 3.36. The van der Waals surface area contributed by atoms with Crippen LogP contribution < -0.4 is 10.0 Å². The van der Waals surface area contributed by atoms with Crippen molar-refractivity contribution in [3.63, 3.8) is 0 Å². The number of carbonyl (C=O) groups excluding carboxylic acids is 2. The zero-order chi connectivity index (χ0) is 21.7. The molecule has 0 aromatic heterocycles. The third kappa shape index (κ3) is 4.97. The number of anilines is 1. The van der Waals surface area contributed by atoms with Crippen molar-refractivity contribution in [2.75, 3.05) is 5.32 Å². The summed E-state index contributed by atoms with van der Waals surface area (Å²) in [4.78, 5) is 24.5. The molecule has 0 aliphatic rings. The number of amides is 1. The van der Waals surface area contributed by atoms with Crippen molar-refractivity contribution < 1.29 is 22.4 Å². The van der Waals surface area contributed by atoms with E-state index in [-0.39, 0.29) is 5.78 Å². The molecular formula is C22H19FN2O4S. The van der Waals surface area contributed by atoms with E-state index in [0.717, 1.165) is 12.1 Å². The molecule has 2 N–H and O–H groups in total. The molecule has 0 bridgehead atoms. The van der Waals surface area contributed by atoms with Crippen LogP contribution in [-0.4, -0.2) is 26.2 Å². The Balaban J connectivity index is 1.71. The molecule has 8 heteroatoms. The average Bonchev–Trinajstić information content (AvgIpc) is 2.74. The Morgan fingerprint density at radius 1 is 0.867 bits per heavy atom. The van der Waals surface area contributed by atoms with Crippen molar-refractivity contribution in [3.8, 4) is 0 Å². The van der Waals surface area contributed by atoms with Gasteiger partial charge in [0, 0.05) is 16.8 Å². The van der Waals surface area contributed by atoms with Crippen LogP contribution in [0.4, 0.5) is 10.1 Å². The van der Waals surface area contributed by atoms with Crippen LogP contribution in [0.5, 0.6) is 0 Å². The molecule has 0 spiro atoms. The lowest BCUT2D eigenvalue weighted by Crippen LogP contribution is -2.41. The van der Waals surface area contributed by atoms with Gasteiger partial charge < -0.3 is 5.32 Å². The fourth-order valence-corrected chi connectivity index (χ4v) is 4.04. The van der Waals surface area contributed by atoms with Crippen LogP contribution >= 0.6 is 0 Å². The Morgan fingerprint density at radius 2 is 1.50 bits per heavy atom. The highest BCUT2D eigenvalue weighted by Crippen LogP contribution is 2.16. The molecule has 0 aliphatic heterocycles. The molecule has 0 aliphatic carbocycles. The van der Waals surface area contributed by atoms with Crippen molar-refractivity contribution in [2.45, 2.75) is 17.9 Å². The minimum absolute atomic E-state index is 0.208. The first-order valence-corrected chi connectivity index (χ1v) is 10.5. The lowest BCUT2D eigenvalue weighted by Gasteiger charge is -2.15. The van der Waals surface area contributed by atoms with E-state index in [9.17, 15) is 22.4 Å². The van der Waals surface area contributed by atoms with E-state index in [4.69, 9.17) is 0 Å². The SMILES string of the molecule is C[C@H](NS(=O)(=O)c1ccccc1F)C(=O)Nc1cccc(C(=O)c2ccccc2)c1. The highest BCUT2D eigenvalue weighted by atomic mass is 32.2. The lowest BCUT2D eigenvalue weighted by atomic mass is 10.0. The standard InChI is InChI=1S/C22H19FN2O4S/c1-15(25-30(28,29)20-13-6-5-12-19(20)23)22(27)24-18-11-7-10-17(14-18)21(26)16-8-3-2-4-9-16/h2-15,25H,1H3,(H,24,27)/t15-/m0/s1. The Kier molecular flexibility index (Phi) is 6.39. The van der Waals surface area contributed by atoms with Gasteiger partial charge in [-0.1, -0.05) is 54.6 Å². The van der Waals surface area contributed by atoms with Crippen molar-refractivity contribution in [1.29, 1.82) is 0 Å². The van der Waals surface area contributed by atoms with Gasteiger partial charge in [-0.15, -0.1) is 0 Å². The van der Waals surface area contributed by atoms with Crippen LogP contribution in [0.1, 0.15) is 22.8 Å². The molecular weight excluding hydrogens is 407 g/mol. The molecule has 0 saturated carbocycles. The Labute approximate surface area is 173 Å². The summed E-state index contributed by atoms with van der Waals surface area (Å²) in [6.45, 7) is 1.34. The van der Waals surface area contributed by atoms with Gasteiger partial charge in [0.05, 0.1) is 6.04 Å². The van der Waals surface area contributed by atoms with E-state index in [1.165, 1.54) is 25.1 Å². The topological polar surface area (TPSA) is 92.3 Å². The fraction of sp³-hybridized carbons (Fsp3) is 0.0909. The average molecular weight is 426 g/mol. The summed E-state index contributed by atoms with van der Waals surface area (Å²) >= 11 is 0. The summed E-state index contributed by atoms with van der Waals surface area (Å²) in [5.74, 6) is -1.77. The van der Waals surface area contributed by atoms with Gasteiger partial charge in [-0.3, -0.25) is 9.59 Å². The summed E-state index contributed by atoms with van der Waals surface area (Å²) in [6.07, 6.45) is 0. The van der Waals surface area contributed by atoms with E-state index in [0.29, 0.717) is 16.8 Å². The van der Waals surface area contributed by atoms with E-state index >= 15 is 0 Å². The number of benzene rings is 3. The molecule has 3 aromatic carbocycles. The molecule has 6 nitrogen and oxygen atoms in total. The van der Waals surface area contributed by atoms with Gasteiger partial charge in [-0.2, -0.15) is 4.72 Å². The maximum atomic E-state index is 13.8. The normalized spacial score (nSPS) is 12.2. The van der Waals surface area contributed by atoms with Crippen molar-refractivity contribution >= 4 is 27.4 Å². The maximum absolute atomic E-state index is 13.8. The summed E-state index contributed by atoms with van der Waals surface area (Å²) in [7, 11) is -4.23. The number of halogens is 1. The molecule has 0 fully saturated rings. The molecule has 3 aromatic rings. The predicted molar refractivity (Wildman–Crippen MR) is 111 cm³/mol. The van der Waals surface area contributed by atoms with E-state index < -0.39 is 32.7 Å². The fourth-order valence-electron chi connectivity index (χ4n) is 2.76. The first-order valence-electron chi connectivity index (χ1n) is 9.05. The second kappa shape index (κ2) is 8.98. The van der Waals surface area contributed by atoms with E-state index in [1.807, 2.05) is 0 Å². The van der Waals surface area contributed by atoms with Crippen molar-refractivity contribution in [1.82, 2.24) is 4.72 Å². The van der Waals surface area contributed by atoms with Crippen LogP contribution in [0, 0.1) is 5.82 Å². The minimum atomic E-state index is -4.23. The minimum Gasteiger partial charge on any atom is -0.325 e. The summed E-state index contributed by atoms with van der Waals surface area (Å²) in [6, 6.07) is 18.7. The number of sulfonamides is 1. The summed E-state index contributed by atoms with van der Waals surface area (Å²) in [5, 5.41) is 2.57. The number of nitrogens with one attached hydrogen (secondary N) is 2. The first kappa shape index (κ1) is 21.4. The number of hydrogen-bond acceptors (Lipinski definition) is 4. The van der Waals surface area contributed by atoms with Gasteiger partial charge in [-0.25, -0.2) is 12.8 Å². The van der Waals surface area contributed by atoms with E-state index in [1.54, 1.807) is 48.5 Å². The zero-order valence-electron chi connectivity index (χ0n) is 16.0. The Hall–Kier alpha value is -3.36. The van der Waals surface area contributed by atoms with Gasteiger partial charge in [0.15, 0.2) is 5.78 Å². The van der Waals surface area contributed by atoms with Crippen LogP contribution in [0.2, 0.25) is 0 Å². The Bertz CT molecular complexity index is 1180. The molecule has 0 radical (unpaired) electrons. The number of ketones is 1. The first-order chi connectivity index (χ1) is 14.3. The molecule has 30 heavy (non-hydrogen) atoms. The third-order valence-electron chi connectivity index (χ3n) is 4.28. The van der Waals surface area contributed by atoms with Gasteiger partial charge >= 0.3 is 0 Å². The second-order valence-corrected chi connectivity index (χ2v) is 8.22. The molecule has 3 rings (SSSR count). The van der Waals surface area contributed by atoms with Crippen LogP contribution in [-0.2, 0) is 14.8 Å². The van der Waals surface area contributed by atoms with Crippen LogP contribution in [0.25, 0.3) is 0 Å². The smallest absolute Gasteiger partial charge is 0.244 e. The third-order valence-corrected chi connectivity index (χ3v) is 5.85. The monoisotopic (exact) mass is 426 g/mol. The number of carbonyl (C=O) groups is 2. The zero-order valence-corrected chi connectivity index (χ0v) is 16.8. The summed E-state index contributed by atoms with van der Waals surface area (Å²) in [5.41, 5.74) is 1.21.